The number of hydrogen-bond donors (Lipinski definition) is 2. The Morgan fingerprint density at radius 3 is 1.87 bits per heavy atom. The smallest absolute Gasteiger partial charge is 0.143 e. The molecule has 158 valence electrons. The van der Waals surface area contributed by atoms with Crippen LogP contribution in [0.3, 0.4) is 0 Å². The summed E-state index contributed by atoms with van der Waals surface area (Å²) in [6.45, 7) is 4.36. The molecule has 0 bridgehead atoms. The van der Waals surface area contributed by atoms with Gasteiger partial charge in [0.15, 0.2) is 0 Å². The summed E-state index contributed by atoms with van der Waals surface area (Å²) in [7, 11) is 0. The first kappa shape index (κ1) is 21.4. The zero-order valence-electron chi connectivity index (χ0n) is 18.4. The molecule has 3 N–H and O–H groups in total. The van der Waals surface area contributed by atoms with Crippen LogP contribution in [-0.4, -0.2) is 10.7 Å². The zero-order chi connectivity index (χ0) is 21.7. The van der Waals surface area contributed by atoms with E-state index in [0.717, 1.165) is 18.4 Å². The lowest BCUT2D eigenvalue weighted by molar-refractivity contribution is -0.763. The molecule has 5 atom stereocenters. The summed E-state index contributed by atoms with van der Waals surface area (Å²) < 4.78 is 0. The molecule has 1 aliphatic heterocycles. The molecule has 0 saturated carbocycles. The van der Waals surface area contributed by atoms with Crippen LogP contribution in [0.25, 0.3) is 0 Å². The van der Waals surface area contributed by atoms with Gasteiger partial charge in [0, 0.05) is 16.7 Å². The van der Waals surface area contributed by atoms with Gasteiger partial charge < -0.3 is 10.4 Å². The molecule has 1 fully saturated rings. The van der Waals surface area contributed by atoms with Gasteiger partial charge in [0.1, 0.15) is 17.7 Å². The molecule has 1 aliphatic rings. The topological polar surface area (TPSA) is 36.8 Å². The van der Waals surface area contributed by atoms with Crippen LogP contribution in [0, 0.1) is 23.7 Å². The van der Waals surface area contributed by atoms with Crippen LogP contribution in [0.2, 0.25) is 0 Å². The summed E-state index contributed by atoms with van der Waals surface area (Å²) in [5, 5.41) is 14.7. The molecule has 0 aliphatic carbocycles. The first-order chi connectivity index (χ1) is 15.1. The van der Waals surface area contributed by atoms with Crippen molar-refractivity contribution in [3.63, 3.8) is 0 Å². The number of nitrogens with two attached hydrogens (primary N) is 1. The standard InChI is InChI=1S/C29H31NO/c1-3-13-26-28(25-18-11-6-12-19-25)30-27(24-16-9-5-10-17-24)22(2)29(26,31)21-20-23-14-7-4-8-15-23/h4-12,14-19,22,26-28,30-31H,3,13H2,1-2H3/p+1/t22-,26-,27-,28-,29+/m0/s1. The number of piperidine rings is 1. The maximum Gasteiger partial charge on any atom is 0.143 e. The third-order valence-corrected chi connectivity index (χ3v) is 6.80. The first-order valence-electron chi connectivity index (χ1n) is 11.4. The lowest BCUT2D eigenvalue weighted by Crippen LogP contribution is -2.93. The van der Waals surface area contributed by atoms with E-state index in [4.69, 9.17) is 0 Å². The Morgan fingerprint density at radius 1 is 0.806 bits per heavy atom. The van der Waals surface area contributed by atoms with Gasteiger partial charge in [-0.2, -0.15) is 0 Å². The highest BCUT2D eigenvalue weighted by molar-refractivity contribution is 5.38. The fraction of sp³-hybridized carbons (Fsp3) is 0.310. The van der Waals surface area contributed by atoms with Crippen LogP contribution in [0.5, 0.6) is 0 Å². The number of hydrogen-bond acceptors (Lipinski definition) is 1. The quantitative estimate of drug-likeness (QED) is 0.591. The van der Waals surface area contributed by atoms with Crippen molar-refractivity contribution in [3.05, 3.63) is 108 Å². The van der Waals surface area contributed by atoms with Gasteiger partial charge in [0.25, 0.3) is 0 Å². The first-order valence-corrected chi connectivity index (χ1v) is 11.4. The molecular formula is C29H32NO+. The van der Waals surface area contributed by atoms with Crippen LogP contribution in [0.15, 0.2) is 91.0 Å². The number of rotatable bonds is 4. The van der Waals surface area contributed by atoms with Crippen molar-refractivity contribution in [2.24, 2.45) is 11.8 Å². The van der Waals surface area contributed by atoms with Crippen molar-refractivity contribution in [1.82, 2.24) is 0 Å². The summed E-state index contributed by atoms with van der Waals surface area (Å²) in [5.41, 5.74) is 2.36. The van der Waals surface area contributed by atoms with E-state index in [1.807, 2.05) is 36.4 Å². The SMILES string of the molecule is CCC[C@H]1[C@H](c2ccccc2)[NH2+][C@H](c2ccccc2)[C@H](C)[C@]1(O)C#Cc1ccccc1. The number of quaternary nitrogens is 1. The molecule has 2 nitrogen and oxygen atoms in total. The van der Waals surface area contributed by atoms with Crippen molar-refractivity contribution in [2.75, 3.05) is 0 Å². The Balaban J connectivity index is 1.82. The van der Waals surface area contributed by atoms with Crippen LogP contribution < -0.4 is 5.32 Å². The van der Waals surface area contributed by atoms with Crippen molar-refractivity contribution >= 4 is 0 Å². The fourth-order valence-electron chi connectivity index (χ4n) is 5.11. The summed E-state index contributed by atoms with van der Waals surface area (Å²) >= 11 is 0. The van der Waals surface area contributed by atoms with Gasteiger partial charge in [-0.25, -0.2) is 0 Å². The van der Waals surface area contributed by atoms with Crippen LogP contribution >= 0.6 is 0 Å². The largest absolute Gasteiger partial charge is 0.376 e. The normalized spacial score (nSPS) is 27.8. The van der Waals surface area contributed by atoms with Crippen LogP contribution in [0.4, 0.5) is 0 Å². The van der Waals surface area contributed by atoms with Crippen molar-refractivity contribution in [3.8, 4) is 11.8 Å². The Kier molecular flexibility index (Phi) is 6.56. The lowest BCUT2D eigenvalue weighted by atomic mass is 9.64. The zero-order valence-corrected chi connectivity index (χ0v) is 18.4. The number of benzene rings is 3. The Labute approximate surface area is 186 Å². The Hall–Kier alpha value is -2.86. The highest BCUT2D eigenvalue weighted by atomic mass is 16.3. The van der Waals surface area contributed by atoms with E-state index in [0.29, 0.717) is 0 Å². The monoisotopic (exact) mass is 410 g/mol. The molecule has 0 unspecified atom stereocenters. The minimum absolute atomic E-state index is 0.0115. The van der Waals surface area contributed by atoms with Gasteiger partial charge in [-0.15, -0.1) is 0 Å². The molecule has 0 amide bonds. The highest BCUT2D eigenvalue weighted by Gasteiger charge is 2.55. The van der Waals surface area contributed by atoms with Gasteiger partial charge in [0.2, 0.25) is 0 Å². The third-order valence-electron chi connectivity index (χ3n) is 6.80. The summed E-state index contributed by atoms with van der Waals surface area (Å²) in [6, 6.07) is 31.5. The summed E-state index contributed by atoms with van der Waals surface area (Å²) in [5.74, 6) is 6.72. The molecule has 2 heteroatoms. The lowest BCUT2D eigenvalue weighted by Gasteiger charge is -2.48. The molecule has 3 aromatic carbocycles. The predicted octanol–water partition coefficient (Wildman–Crippen LogP) is 4.88. The van der Waals surface area contributed by atoms with Crippen molar-refractivity contribution in [2.45, 2.75) is 44.4 Å². The predicted molar refractivity (Wildman–Crippen MR) is 126 cm³/mol. The maximum absolute atomic E-state index is 12.3. The van der Waals surface area contributed by atoms with Gasteiger partial charge in [-0.1, -0.05) is 111 Å². The molecule has 31 heavy (non-hydrogen) atoms. The summed E-state index contributed by atoms with van der Waals surface area (Å²) in [4.78, 5) is 0. The average molecular weight is 411 g/mol. The summed E-state index contributed by atoms with van der Waals surface area (Å²) in [6.07, 6.45) is 1.95. The molecular weight excluding hydrogens is 378 g/mol. The second-order valence-electron chi connectivity index (χ2n) is 8.69. The van der Waals surface area contributed by atoms with Gasteiger partial charge in [0.05, 0.1) is 11.8 Å². The van der Waals surface area contributed by atoms with Crippen molar-refractivity contribution < 1.29 is 10.4 Å². The second kappa shape index (κ2) is 9.52. The average Bonchev–Trinajstić information content (AvgIpc) is 2.83. The van der Waals surface area contributed by atoms with E-state index in [1.165, 1.54) is 11.1 Å². The van der Waals surface area contributed by atoms with Gasteiger partial charge >= 0.3 is 0 Å². The van der Waals surface area contributed by atoms with E-state index < -0.39 is 5.60 Å². The Bertz CT molecular complexity index is 1020. The molecule has 1 saturated heterocycles. The van der Waals surface area contributed by atoms with E-state index >= 15 is 0 Å². The number of aliphatic hydroxyl groups is 1. The van der Waals surface area contributed by atoms with Crippen molar-refractivity contribution in [1.29, 1.82) is 0 Å². The van der Waals surface area contributed by atoms with Gasteiger partial charge in [-0.05, 0) is 18.6 Å². The van der Waals surface area contributed by atoms with E-state index in [1.54, 1.807) is 0 Å². The maximum atomic E-state index is 12.3. The molecule has 0 spiro atoms. The minimum Gasteiger partial charge on any atom is -0.376 e. The van der Waals surface area contributed by atoms with E-state index in [2.05, 4.69) is 85.6 Å². The van der Waals surface area contributed by atoms with Gasteiger partial charge in [-0.3, -0.25) is 0 Å². The highest BCUT2D eigenvalue weighted by Crippen LogP contribution is 2.44. The Morgan fingerprint density at radius 2 is 1.32 bits per heavy atom. The fourth-order valence-corrected chi connectivity index (χ4v) is 5.11. The second-order valence-corrected chi connectivity index (χ2v) is 8.69. The van der Waals surface area contributed by atoms with E-state index in [9.17, 15) is 5.11 Å². The molecule has 3 aromatic rings. The molecule has 1 heterocycles. The molecule has 4 rings (SSSR count). The van der Waals surface area contributed by atoms with Crippen LogP contribution in [-0.2, 0) is 0 Å². The molecule has 0 aromatic heterocycles. The van der Waals surface area contributed by atoms with Crippen LogP contribution in [0.1, 0.15) is 55.5 Å². The third kappa shape index (κ3) is 4.44. The van der Waals surface area contributed by atoms with E-state index in [-0.39, 0.29) is 23.9 Å². The minimum atomic E-state index is -1.08. The molecule has 0 radical (unpaired) electrons.